The van der Waals surface area contributed by atoms with E-state index in [1.165, 1.54) is 6.07 Å². The molecule has 94 valence electrons. The number of hydrogen-bond acceptors (Lipinski definition) is 1. The molecule has 1 N–H and O–H groups in total. The second-order valence-electron chi connectivity index (χ2n) is 5.17. The lowest BCUT2D eigenvalue weighted by Crippen LogP contribution is -2.38. The SMILES string of the molecule is CC(C)C1CNCCC1c1ccc(F)cc1F. The Morgan fingerprint density at radius 3 is 2.71 bits per heavy atom. The monoisotopic (exact) mass is 239 g/mol. The van der Waals surface area contributed by atoms with E-state index in [1.54, 1.807) is 6.07 Å². The normalized spacial score (nSPS) is 25.2. The Hall–Kier alpha value is -0.960. The number of rotatable bonds is 2. The molecule has 1 aromatic carbocycles. The first-order valence-electron chi connectivity index (χ1n) is 6.25. The van der Waals surface area contributed by atoms with Crippen LogP contribution in [0.3, 0.4) is 0 Å². The molecule has 0 aromatic heterocycles. The van der Waals surface area contributed by atoms with Crippen LogP contribution in [0.5, 0.6) is 0 Å². The van der Waals surface area contributed by atoms with Gasteiger partial charge in [-0.05, 0) is 48.9 Å². The Balaban J connectivity index is 2.29. The summed E-state index contributed by atoms with van der Waals surface area (Å²) in [7, 11) is 0. The van der Waals surface area contributed by atoms with Gasteiger partial charge in [0.05, 0.1) is 0 Å². The molecule has 0 amide bonds. The number of halogens is 2. The van der Waals surface area contributed by atoms with Crippen molar-refractivity contribution in [3.05, 3.63) is 35.4 Å². The van der Waals surface area contributed by atoms with Crippen molar-refractivity contribution in [3.8, 4) is 0 Å². The van der Waals surface area contributed by atoms with E-state index >= 15 is 0 Å². The second kappa shape index (κ2) is 5.13. The minimum Gasteiger partial charge on any atom is -0.316 e. The maximum absolute atomic E-state index is 13.8. The van der Waals surface area contributed by atoms with Gasteiger partial charge < -0.3 is 5.32 Å². The van der Waals surface area contributed by atoms with Crippen LogP contribution in [0.25, 0.3) is 0 Å². The highest BCUT2D eigenvalue weighted by Crippen LogP contribution is 2.36. The molecule has 2 unspecified atom stereocenters. The van der Waals surface area contributed by atoms with Gasteiger partial charge >= 0.3 is 0 Å². The van der Waals surface area contributed by atoms with Crippen molar-refractivity contribution in [3.63, 3.8) is 0 Å². The molecule has 0 spiro atoms. The van der Waals surface area contributed by atoms with E-state index < -0.39 is 11.6 Å². The Labute approximate surface area is 101 Å². The minimum atomic E-state index is -0.499. The fourth-order valence-corrected chi connectivity index (χ4v) is 2.77. The Morgan fingerprint density at radius 1 is 1.29 bits per heavy atom. The number of benzene rings is 1. The van der Waals surface area contributed by atoms with Crippen LogP contribution in [0.15, 0.2) is 18.2 Å². The van der Waals surface area contributed by atoms with Crippen LogP contribution in [-0.4, -0.2) is 13.1 Å². The summed E-state index contributed by atoms with van der Waals surface area (Å²) in [5.41, 5.74) is 0.673. The van der Waals surface area contributed by atoms with Gasteiger partial charge in [-0.15, -0.1) is 0 Å². The van der Waals surface area contributed by atoms with E-state index in [-0.39, 0.29) is 5.92 Å². The van der Waals surface area contributed by atoms with E-state index in [0.717, 1.165) is 25.6 Å². The van der Waals surface area contributed by atoms with Crippen molar-refractivity contribution in [1.29, 1.82) is 0 Å². The summed E-state index contributed by atoms with van der Waals surface area (Å²) in [6.45, 7) is 6.14. The number of hydrogen-bond donors (Lipinski definition) is 1. The summed E-state index contributed by atoms with van der Waals surface area (Å²) in [6, 6.07) is 3.96. The molecule has 1 fully saturated rings. The third kappa shape index (κ3) is 2.65. The largest absolute Gasteiger partial charge is 0.316 e. The van der Waals surface area contributed by atoms with E-state index in [9.17, 15) is 8.78 Å². The summed E-state index contributed by atoms with van der Waals surface area (Å²) in [5, 5.41) is 3.35. The summed E-state index contributed by atoms with van der Waals surface area (Å²) >= 11 is 0. The van der Waals surface area contributed by atoms with E-state index in [0.29, 0.717) is 17.4 Å². The van der Waals surface area contributed by atoms with Crippen molar-refractivity contribution in [2.24, 2.45) is 11.8 Å². The van der Waals surface area contributed by atoms with Gasteiger partial charge in [0, 0.05) is 6.07 Å². The van der Waals surface area contributed by atoms with Gasteiger partial charge in [0.1, 0.15) is 11.6 Å². The standard InChI is InChI=1S/C14H19F2N/c1-9(2)13-8-17-6-5-11(13)12-4-3-10(15)7-14(12)16/h3-4,7,9,11,13,17H,5-6,8H2,1-2H3. The quantitative estimate of drug-likeness (QED) is 0.835. The van der Waals surface area contributed by atoms with Gasteiger partial charge in [-0.25, -0.2) is 8.78 Å². The predicted octanol–water partition coefficient (Wildman–Crippen LogP) is 3.31. The van der Waals surface area contributed by atoms with Gasteiger partial charge in [0.15, 0.2) is 0 Å². The van der Waals surface area contributed by atoms with Crippen LogP contribution in [0.2, 0.25) is 0 Å². The number of piperidine rings is 1. The van der Waals surface area contributed by atoms with Gasteiger partial charge in [0.25, 0.3) is 0 Å². The average molecular weight is 239 g/mol. The first kappa shape index (κ1) is 12.5. The van der Waals surface area contributed by atoms with Crippen LogP contribution in [0.1, 0.15) is 31.7 Å². The van der Waals surface area contributed by atoms with E-state index in [4.69, 9.17) is 0 Å². The fraction of sp³-hybridized carbons (Fsp3) is 0.571. The van der Waals surface area contributed by atoms with Crippen LogP contribution in [0.4, 0.5) is 8.78 Å². The Kier molecular flexibility index (Phi) is 3.77. The third-order valence-electron chi connectivity index (χ3n) is 3.75. The summed E-state index contributed by atoms with van der Waals surface area (Å²) in [5.74, 6) is 0.224. The Morgan fingerprint density at radius 2 is 2.06 bits per heavy atom. The molecule has 0 radical (unpaired) electrons. The van der Waals surface area contributed by atoms with Crippen molar-refractivity contribution in [1.82, 2.24) is 5.32 Å². The van der Waals surface area contributed by atoms with Crippen molar-refractivity contribution < 1.29 is 8.78 Å². The topological polar surface area (TPSA) is 12.0 Å². The highest BCUT2D eigenvalue weighted by molar-refractivity contribution is 5.24. The number of nitrogens with one attached hydrogen (secondary N) is 1. The maximum Gasteiger partial charge on any atom is 0.129 e. The molecule has 1 aromatic rings. The molecule has 0 aliphatic carbocycles. The van der Waals surface area contributed by atoms with Crippen LogP contribution >= 0.6 is 0 Å². The lowest BCUT2D eigenvalue weighted by Gasteiger charge is -2.35. The van der Waals surface area contributed by atoms with Crippen molar-refractivity contribution >= 4 is 0 Å². The molecule has 1 nitrogen and oxygen atoms in total. The molecule has 3 heteroatoms. The van der Waals surface area contributed by atoms with E-state index in [1.807, 2.05) is 0 Å². The van der Waals surface area contributed by atoms with E-state index in [2.05, 4.69) is 19.2 Å². The molecule has 2 rings (SSSR count). The predicted molar refractivity (Wildman–Crippen MR) is 64.9 cm³/mol. The van der Waals surface area contributed by atoms with Gasteiger partial charge in [-0.3, -0.25) is 0 Å². The molecule has 0 bridgehead atoms. The molecule has 1 heterocycles. The van der Waals surface area contributed by atoms with Gasteiger partial charge in [0.2, 0.25) is 0 Å². The summed E-state index contributed by atoms with van der Waals surface area (Å²) < 4.78 is 26.7. The second-order valence-corrected chi connectivity index (χ2v) is 5.17. The first-order chi connectivity index (χ1) is 8.09. The molecule has 1 aliphatic heterocycles. The van der Waals surface area contributed by atoms with Gasteiger partial charge in [-0.1, -0.05) is 19.9 Å². The van der Waals surface area contributed by atoms with Crippen LogP contribution < -0.4 is 5.32 Å². The van der Waals surface area contributed by atoms with Crippen molar-refractivity contribution in [2.45, 2.75) is 26.2 Å². The average Bonchev–Trinajstić information content (AvgIpc) is 2.29. The molecule has 17 heavy (non-hydrogen) atoms. The summed E-state index contributed by atoms with van der Waals surface area (Å²) in [4.78, 5) is 0. The fourth-order valence-electron chi connectivity index (χ4n) is 2.77. The minimum absolute atomic E-state index is 0.205. The molecule has 2 atom stereocenters. The van der Waals surface area contributed by atoms with Gasteiger partial charge in [-0.2, -0.15) is 0 Å². The molecule has 0 saturated carbocycles. The molecule has 1 aliphatic rings. The van der Waals surface area contributed by atoms with Crippen LogP contribution in [-0.2, 0) is 0 Å². The third-order valence-corrected chi connectivity index (χ3v) is 3.75. The lowest BCUT2D eigenvalue weighted by atomic mass is 9.75. The highest BCUT2D eigenvalue weighted by atomic mass is 19.1. The van der Waals surface area contributed by atoms with Crippen LogP contribution in [0, 0.1) is 23.5 Å². The summed E-state index contributed by atoms with van der Waals surface area (Å²) in [6.07, 6.45) is 0.922. The van der Waals surface area contributed by atoms with Crippen molar-refractivity contribution in [2.75, 3.05) is 13.1 Å². The lowest BCUT2D eigenvalue weighted by molar-refractivity contribution is 0.251. The smallest absolute Gasteiger partial charge is 0.129 e. The zero-order chi connectivity index (χ0) is 12.4. The molecule has 1 saturated heterocycles. The zero-order valence-electron chi connectivity index (χ0n) is 10.3. The highest BCUT2D eigenvalue weighted by Gasteiger charge is 2.30. The Bertz CT molecular complexity index is 390. The first-order valence-corrected chi connectivity index (χ1v) is 6.25. The molecular weight excluding hydrogens is 220 g/mol. The zero-order valence-corrected chi connectivity index (χ0v) is 10.3. The molecular formula is C14H19F2N. The maximum atomic E-state index is 13.8.